The molecular formula is C34H45N3O4. The molecule has 41 heavy (non-hydrogen) atoms. The maximum absolute atomic E-state index is 13.2. The molecule has 1 saturated heterocycles. The number of ether oxygens (including phenoxy) is 2. The van der Waals surface area contributed by atoms with Gasteiger partial charge in [0.15, 0.2) is 6.29 Å². The Labute approximate surface area is 244 Å². The monoisotopic (exact) mass is 559 g/mol. The first-order valence-electron chi connectivity index (χ1n) is 15.3. The molecule has 7 heteroatoms. The Balaban J connectivity index is 1.18. The number of benzene rings is 2. The summed E-state index contributed by atoms with van der Waals surface area (Å²) in [6.45, 7) is 7.57. The van der Waals surface area contributed by atoms with Crippen LogP contribution in [0, 0.1) is 23.7 Å². The van der Waals surface area contributed by atoms with Gasteiger partial charge >= 0.3 is 6.03 Å². The van der Waals surface area contributed by atoms with Crippen molar-refractivity contribution in [2.75, 3.05) is 25.5 Å². The highest BCUT2D eigenvalue weighted by Gasteiger charge is 2.51. The molecule has 0 aromatic heterocycles. The molecule has 7 nitrogen and oxygen atoms in total. The largest absolute Gasteiger partial charge is 0.392 e. The summed E-state index contributed by atoms with van der Waals surface area (Å²) in [7, 11) is 2.07. The number of hydrogen-bond acceptors (Lipinski definition) is 5. The van der Waals surface area contributed by atoms with Crippen molar-refractivity contribution in [2.24, 2.45) is 23.7 Å². The lowest BCUT2D eigenvalue weighted by Gasteiger charge is -2.56. The van der Waals surface area contributed by atoms with Crippen LogP contribution in [-0.2, 0) is 16.1 Å². The Morgan fingerprint density at radius 2 is 1.73 bits per heavy atom. The molecule has 1 heterocycles. The molecule has 3 N–H and O–H groups in total. The van der Waals surface area contributed by atoms with Crippen molar-refractivity contribution < 1.29 is 19.4 Å². The number of carbonyl (C=O) groups excluding carboxylic acids is 1. The number of anilines is 1. The van der Waals surface area contributed by atoms with E-state index in [1.165, 1.54) is 19.3 Å². The number of nitrogens with one attached hydrogen (secondary N) is 2. The first-order chi connectivity index (χ1) is 19.8. The van der Waals surface area contributed by atoms with Crippen LogP contribution in [0.2, 0.25) is 0 Å². The molecule has 0 spiro atoms. The van der Waals surface area contributed by atoms with Gasteiger partial charge in [-0.2, -0.15) is 0 Å². The lowest BCUT2D eigenvalue weighted by atomic mass is 9.53. The minimum atomic E-state index is -0.580. The number of aliphatic hydroxyl groups excluding tert-OH is 1. The van der Waals surface area contributed by atoms with E-state index < -0.39 is 6.29 Å². The van der Waals surface area contributed by atoms with Gasteiger partial charge in [0.25, 0.3) is 0 Å². The third-order valence-corrected chi connectivity index (χ3v) is 9.89. The van der Waals surface area contributed by atoms with Crippen LogP contribution in [0.4, 0.5) is 10.5 Å². The smallest absolute Gasteiger partial charge is 0.319 e. The second kappa shape index (κ2) is 11.9. The van der Waals surface area contributed by atoms with Crippen LogP contribution in [0.5, 0.6) is 0 Å². The Hall–Kier alpha value is -2.71. The highest BCUT2D eigenvalue weighted by atomic mass is 16.7. The molecule has 4 aliphatic carbocycles. The Morgan fingerprint density at radius 1 is 1.05 bits per heavy atom. The predicted molar refractivity (Wildman–Crippen MR) is 160 cm³/mol. The maximum atomic E-state index is 13.2. The van der Waals surface area contributed by atoms with Gasteiger partial charge in [-0.15, -0.1) is 6.58 Å². The number of aliphatic hydroxyl groups is 1. The third-order valence-electron chi connectivity index (χ3n) is 9.89. The van der Waals surface area contributed by atoms with Crippen LogP contribution in [0.3, 0.4) is 0 Å². The van der Waals surface area contributed by atoms with Gasteiger partial charge in [-0.3, -0.25) is 0 Å². The van der Waals surface area contributed by atoms with Crippen molar-refractivity contribution in [2.45, 2.75) is 76.1 Å². The van der Waals surface area contributed by atoms with Crippen LogP contribution < -0.4 is 10.6 Å². The Kier molecular flexibility index (Phi) is 8.23. The second-order valence-electron chi connectivity index (χ2n) is 13.2. The average Bonchev–Trinajstić information content (AvgIpc) is 2.93. The van der Waals surface area contributed by atoms with Gasteiger partial charge in [0.05, 0.1) is 18.8 Å². The van der Waals surface area contributed by atoms with Crippen LogP contribution in [0.1, 0.15) is 74.5 Å². The quantitative estimate of drug-likeness (QED) is 0.320. The van der Waals surface area contributed by atoms with E-state index in [-0.39, 0.29) is 36.3 Å². The van der Waals surface area contributed by atoms with Gasteiger partial charge in [0.1, 0.15) is 0 Å². The van der Waals surface area contributed by atoms with Gasteiger partial charge < -0.3 is 30.1 Å². The summed E-state index contributed by atoms with van der Waals surface area (Å²) in [5, 5.41) is 16.0. The summed E-state index contributed by atoms with van der Waals surface area (Å²) in [5.74, 6) is 2.43. The fraction of sp³-hybridized carbons (Fsp3) is 0.559. The molecule has 4 unspecified atom stereocenters. The SMILES string of the molecule is C=CCN(C)CC1OC(c2cccc(NC(=O)NC34CC5CC(CC(C5)C3)C4)c2)OC(c2ccc(CO)cc2)C1C. The predicted octanol–water partition coefficient (Wildman–Crippen LogP) is 6.18. The van der Waals surface area contributed by atoms with Gasteiger partial charge in [-0.1, -0.05) is 49.4 Å². The molecule has 2 aromatic carbocycles. The van der Waals surface area contributed by atoms with E-state index in [9.17, 15) is 9.90 Å². The molecule has 220 valence electrons. The minimum absolute atomic E-state index is 0.0122. The first-order valence-corrected chi connectivity index (χ1v) is 15.3. The lowest BCUT2D eigenvalue weighted by molar-refractivity contribution is -0.275. The van der Waals surface area contributed by atoms with Crippen LogP contribution in [0.25, 0.3) is 0 Å². The van der Waals surface area contributed by atoms with Gasteiger partial charge in [0.2, 0.25) is 0 Å². The number of nitrogens with zero attached hydrogens (tertiary/aromatic N) is 1. The lowest BCUT2D eigenvalue weighted by Crippen LogP contribution is -2.60. The maximum Gasteiger partial charge on any atom is 0.319 e. The zero-order valence-electron chi connectivity index (χ0n) is 24.4. The van der Waals surface area contributed by atoms with E-state index in [0.717, 1.165) is 72.5 Å². The molecule has 4 bridgehead atoms. The number of likely N-dealkylation sites (N-methyl/N-ethyl adjacent to an activating group) is 1. The number of hydrogen-bond donors (Lipinski definition) is 3. The molecule has 2 amide bonds. The van der Waals surface area contributed by atoms with Crippen molar-refractivity contribution in [3.05, 3.63) is 77.9 Å². The summed E-state index contributed by atoms with van der Waals surface area (Å²) >= 11 is 0. The van der Waals surface area contributed by atoms with Crippen molar-refractivity contribution >= 4 is 11.7 Å². The molecule has 1 aliphatic heterocycles. The van der Waals surface area contributed by atoms with Crippen LogP contribution in [-0.4, -0.2) is 47.8 Å². The topological polar surface area (TPSA) is 83.1 Å². The van der Waals surface area contributed by atoms with Gasteiger partial charge in [-0.05, 0) is 86.6 Å². The Bertz CT molecular complexity index is 1200. The molecule has 4 saturated carbocycles. The molecule has 2 aromatic rings. The standard InChI is InChI=1S/C34H45N3O4/c1-4-12-37(3)20-30-22(2)31(27-10-8-23(21-38)9-11-27)41-32(40-30)28-6-5-7-29(16-28)35-33(39)36-34-17-24-13-25(18-34)15-26(14-24)19-34/h4-11,16,22,24-26,30-32,38H,1,12-15,17-21H2,2-3H3,(H2,35,36,39). The van der Waals surface area contributed by atoms with E-state index in [0.29, 0.717) is 0 Å². The summed E-state index contributed by atoms with van der Waals surface area (Å²) in [4.78, 5) is 15.4. The zero-order chi connectivity index (χ0) is 28.6. The average molecular weight is 560 g/mol. The summed E-state index contributed by atoms with van der Waals surface area (Å²) in [5.41, 5.74) is 3.50. The van der Waals surface area contributed by atoms with Crippen molar-refractivity contribution in [1.82, 2.24) is 10.2 Å². The van der Waals surface area contributed by atoms with E-state index in [4.69, 9.17) is 9.47 Å². The number of rotatable bonds is 9. The first kappa shape index (κ1) is 28.4. The second-order valence-corrected chi connectivity index (χ2v) is 13.2. The fourth-order valence-electron chi connectivity index (χ4n) is 8.36. The van der Waals surface area contributed by atoms with Crippen LogP contribution >= 0.6 is 0 Å². The minimum Gasteiger partial charge on any atom is -0.392 e. The molecule has 4 atom stereocenters. The zero-order valence-corrected chi connectivity index (χ0v) is 24.4. The van der Waals surface area contributed by atoms with E-state index in [2.05, 4.69) is 36.1 Å². The normalized spacial score (nSPS) is 34.0. The van der Waals surface area contributed by atoms with Crippen LogP contribution in [0.15, 0.2) is 61.2 Å². The van der Waals surface area contributed by atoms with Gasteiger partial charge in [-0.25, -0.2) is 4.79 Å². The van der Waals surface area contributed by atoms with Gasteiger partial charge in [0, 0.05) is 35.8 Å². The van der Waals surface area contributed by atoms with Crippen molar-refractivity contribution in [3.63, 3.8) is 0 Å². The van der Waals surface area contributed by atoms with Crippen molar-refractivity contribution in [3.8, 4) is 0 Å². The highest BCUT2D eigenvalue weighted by Crippen LogP contribution is 2.55. The molecule has 0 radical (unpaired) electrons. The molecule has 5 aliphatic rings. The summed E-state index contributed by atoms with van der Waals surface area (Å²) < 4.78 is 13.2. The third kappa shape index (κ3) is 6.24. The number of carbonyl (C=O) groups is 1. The molecular weight excluding hydrogens is 514 g/mol. The number of amides is 2. The summed E-state index contributed by atoms with van der Waals surface area (Å²) in [6, 6.07) is 15.7. The van der Waals surface area contributed by atoms with E-state index in [1.54, 1.807) is 0 Å². The highest BCUT2D eigenvalue weighted by molar-refractivity contribution is 5.89. The van der Waals surface area contributed by atoms with E-state index >= 15 is 0 Å². The Morgan fingerprint density at radius 3 is 2.37 bits per heavy atom. The number of urea groups is 1. The fourth-order valence-corrected chi connectivity index (χ4v) is 8.36. The molecule has 5 fully saturated rings. The summed E-state index contributed by atoms with van der Waals surface area (Å²) in [6.07, 6.45) is 8.48. The van der Waals surface area contributed by atoms with Crippen molar-refractivity contribution in [1.29, 1.82) is 0 Å². The van der Waals surface area contributed by atoms with E-state index in [1.807, 2.05) is 54.6 Å². The molecule has 7 rings (SSSR count).